The van der Waals surface area contributed by atoms with E-state index in [1.807, 2.05) is 12.1 Å². The Kier molecular flexibility index (Phi) is 3.59. The lowest BCUT2D eigenvalue weighted by Crippen LogP contribution is -2.22. The number of aromatic nitrogens is 2. The molecule has 1 amide bonds. The van der Waals surface area contributed by atoms with E-state index in [4.69, 9.17) is 16.3 Å². The van der Waals surface area contributed by atoms with E-state index < -0.39 is 0 Å². The summed E-state index contributed by atoms with van der Waals surface area (Å²) in [5.74, 6) is -0.185. The van der Waals surface area contributed by atoms with E-state index in [9.17, 15) is 4.79 Å². The topological polar surface area (TPSA) is 112 Å². The molecule has 21 heavy (non-hydrogen) atoms. The molecule has 7 heteroatoms. The van der Waals surface area contributed by atoms with Gasteiger partial charge in [0.1, 0.15) is 18.5 Å². The van der Waals surface area contributed by atoms with Crippen molar-refractivity contribution < 1.29 is 4.79 Å². The zero-order chi connectivity index (χ0) is 15.6. The molecule has 0 unspecified atom stereocenters. The average Bonchev–Trinajstić information content (AvgIpc) is 2.89. The highest BCUT2D eigenvalue weighted by molar-refractivity contribution is 5.95. The smallest absolute Gasteiger partial charge is 0.253 e. The normalized spacial score (nSPS) is 9.71. The van der Waals surface area contributed by atoms with Gasteiger partial charge in [0.25, 0.3) is 5.91 Å². The number of anilines is 1. The van der Waals surface area contributed by atoms with E-state index in [0.29, 0.717) is 16.9 Å². The molecule has 1 heterocycles. The van der Waals surface area contributed by atoms with Crippen molar-refractivity contribution in [2.75, 3.05) is 19.8 Å². The van der Waals surface area contributed by atoms with Gasteiger partial charge < -0.3 is 10.6 Å². The summed E-state index contributed by atoms with van der Waals surface area (Å²) in [6, 6.07) is 8.52. The summed E-state index contributed by atoms with van der Waals surface area (Å²) in [4.78, 5) is 17.3. The molecule has 2 aromatic rings. The first-order valence-electron chi connectivity index (χ1n) is 5.98. The lowest BCUT2D eigenvalue weighted by molar-refractivity contribution is 0.0827. The van der Waals surface area contributed by atoms with Crippen molar-refractivity contribution in [3.63, 3.8) is 0 Å². The van der Waals surface area contributed by atoms with Gasteiger partial charge in [0.2, 0.25) is 0 Å². The van der Waals surface area contributed by atoms with Crippen LogP contribution in [0.4, 0.5) is 5.69 Å². The molecule has 0 aliphatic heterocycles. The highest BCUT2D eigenvalue weighted by atomic mass is 16.2. The summed E-state index contributed by atoms with van der Waals surface area (Å²) in [6.07, 6.45) is 1.34. The first-order chi connectivity index (χ1) is 9.99. The van der Waals surface area contributed by atoms with Gasteiger partial charge in [0.15, 0.2) is 11.4 Å². The number of hydrogen-bond acceptors (Lipinski definition) is 5. The van der Waals surface area contributed by atoms with Crippen molar-refractivity contribution in [1.82, 2.24) is 14.5 Å². The lowest BCUT2D eigenvalue weighted by atomic mass is 10.1. The number of carbonyl (C=O) groups is 1. The van der Waals surface area contributed by atoms with Gasteiger partial charge in [-0.1, -0.05) is 0 Å². The molecule has 0 saturated carbocycles. The minimum absolute atomic E-state index is 0.0150. The molecule has 0 saturated heterocycles. The first kappa shape index (κ1) is 14.1. The summed E-state index contributed by atoms with van der Waals surface area (Å²) >= 11 is 0. The summed E-state index contributed by atoms with van der Waals surface area (Å²) in [5.41, 5.74) is 7.25. The van der Waals surface area contributed by atoms with Gasteiger partial charge in [-0.05, 0) is 18.2 Å². The lowest BCUT2D eigenvalue weighted by Gasteiger charge is -2.13. The number of benzene rings is 1. The Morgan fingerprint density at radius 2 is 2.05 bits per heavy atom. The van der Waals surface area contributed by atoms with Crippen LogP contribution in [0.1, 0.15) is 21.7 Å². The van der Waals surface area contributed by atoms with Crippen LogP contribution in [-0.4, -0.2) is 34.5 Å². The van der Waals surface area contributed by atoms with Gasteiger partial charge >= 0.3 is 0 Å². The van der Waals surface area contributed by atoms with Crippen molar-refractivity contribution in [3.05, 3.63) is 41.5 Å². The fraction of sp³-hybridized carbons (Fsp3) is 0.143. The van der Waals surface area contributed by atoms with Crippen LogP contribution < -0.4 is 5.73 Å². The first-order valence-corrected chi connectivity index (χ1v) is 5.98. The van der Waals surface area contributed by atoms with Crippen LogP contribution in [0.2, 0.25) is 0 Å². The van der Waals surface area contributed by atoms with Gasteiger partial charge in [0.05, 0.1) is 11.4 Å². The summed E-state index contributed by atoms with van der Waals surface area (Å²) < 4.78 is 1.40. The number of imidazole rings is 1. The van der Waals surface area contributed by atoms with Crippen LogP contribution in [0, 0.1) is 22.7 Å². The minimum Gasteiger partial charge on any atom is -0.397 e. The van der Waals surface area contributed by atoms with Crippen molar-refractivity contribution in [1.29, 1.82) is 10.5 Å². The molecule has 0 fully saturated rings. The Labute approximate surface area is 121 Å². The van der Waals surface area contributed by atoms with Crippen LogP contribution in [0.25, 0.3) is 5.69 Å². The molecule has 0 aliphatic carbocycles. The second kappa shape index (κ2) is 5.35. The van der Waals surface area contributed by atoms with Crippen molar-refractivity contribution in [3.8, 4) is 17.8 Å². The van der Waals surface area contributed by atoms with Gasteiger partial charge in [-0.2, -0.15) is 10.5 Å². The van der Waals surface area contributed by atoms with Gasteiger partial charge in [-0.25, -0.2) is 4.98 Å². The van der Waals surface area contributed by atoms with E-state index in [1.165, 1.54) is 15.8 Å². The fourth-order valence-corrected chi connectivity index (χ4v) is 1.86. The molecule has 0 bridgehead atoms. The predicted octanol–water partition coefficient (Wildman–Crippen LogP) is 0.900. The van der Waals surface area contributed by atoms with Crippen molar-refractivity contribution in [2.45, 2.75) is 0 Å². The van der Waals surface area contributed by atoms with E-state index >= 15 is 0 Å². The Morgan fingerprint density at radius 3 is 2.62 bits per heavy atom. The van der Waals surface area contributed by atoms with Crippen molar-refractivity contribution >= 4 is 11.6 Å². The van der Waals surface area contributed by atoms with Crippen LogP contribution in [0.15, 0.2) is 24.5 Å². The average molecular weight is 280 g/mol. The number of amides is 1. The monoisotopic (exact) mass is 280 g/mol. The van der Waals surface area contributed by atoms with Crippen LogP contribution in [0.3, 0.4) is 0 Å². The Hall–Kier alpha value is -3.32. The number of nitriles is 2. The third-order valence-corrected chi connectivity index (χ3v) is 2.92. The second-order valence-corrected chi connectivity index (χ2v) is 4.51. The van der Waals surface area contributed by atoms with Crippen LogP contribution >= 0.6 is 0 Å². The van der Waals surface area contributed by atoms with Gasteiger partial charge in [-0.15, -0.1) is 0 Å². The molecule has 0 radical (unpaired) electrons. The number of carbonyl (C=O) groups excluding carboxylic acids is 1. The largest absolute Gasteiger partial charge is 0.397 e. The second-order valence-electron chi connectivity index (χ2n) is 4.51. The molecule has 1 aromatic carbocycles. The highest BCUT2D eigenvalue weighted by Gasteiger charge is 2.16. The molecule has 0 atom stereocenters. The Morgan fingerprint density at radius 1 is 1.33 bits per heavy atom. The van der Waals surface area contributed by atoms with E-state index in [2.05, 4.69) is 4.98 Å². The maximum Gasteiger partial charge on any atom is 0.253 e. The van der Waals surface area contributed by atoms with Crippen molar-refractivity contribution in [2.24, 2.45) is 0 Å². The SMILES string of the molecule is CN(C)C(=O)c1ccc(N)c(-n2cnc(C#N)c2C#N)c1. The molecule has 2 rings (SSSR count). The zero-order valence-electron chi connectivity index (χ0n) is 11.5. The summed E-state index contributed by atoms with van der Waals surface area (Å²) in [7, 11) is 3.29. The standard InChI is InChI=1S/C14H12N6O/c1-19(2)14(21)9-3-4-10(17)12(5-9)20-8-18-11(6-15)13(20)7-16/h3-5,8H,17H2,1-2H3. The molecule has 2 N–H and O–H groups in total. The fourth-order valence-electron chi connectivity index (χ4n) is 1.86. The van der Waals surface area contributed by atoms with E-state index in [0.717, 1.165) is 0 Å². The predicted molar refractivity (Wildman–Crippen MR) is 75.4 cm³/mol. The summed E-state index contributed by atoms with van der Waals surface area (Å²) in [5, 5.41) is 18.1. The minimum atomic E-state index is -0.185. The zero-order valence-corrected chi connectivity index (χ0v) is 11.5. The Balaban J connectivity index is 2.63. The van der Waals surface area contributed by atoms with E-state index in [-0.39, 0.29) is 17.3 Å². The number of nitrogen functional groups attached to an aromatic ring is 1. The maximum atomic E-state index is 12.0. The highest BCUT2D eigenvalue weighted by Crippen LogP contribution is 2.22. The van der Waals surface area contributed by atoms with Crippen LogP contribution in [0.5, 0.6) is 0 Å². The van der Waals surface area contributed by atoms with Gasteiger partial charge in [-0.3, -0.25) is 9.36 Å². The molecule has 0 aliphatic rings. The number of rotatable bonds is 2. The molecule has 104 valence electrons. The summed E-state index contributed by atoms with van der Waals surface area (Å²) in [6.45, 7) is 0. The Bertz CT molecular complexity index is 791. The molecule has 1 aromatic heterocycles. The number of nitrogens with zero attached hydrogens (tertiary/aromatic N) is 5. The maximum absolute atomic E-state index is 12.0. The quantitative estimate of drug-likeness (QED) is 0.821. The third-order valence-electron chi connectivity index (χ3n) is 2.92. The third kappa shape index (κ3) is 2.40. The molecular formula is C14H12N6O. The molecule has 0 spiro atoms. The number of nitrogens with two attached hydrogens (primary N) is 1. The van der Waals surface area contributed by atoms with Gasteiger partial charge in [0, 0.05) is 19.7 Å². The van der Waals surface area contributed by atoms with E-state index in [1.54, 1.807) is 32.3 Å². The van der Waals surface area contributed by atoms with Crippen LogP contribution in [-0.2, 0) is 0 Å². The number of hydrogen-bond donors (Lipinski definition) is 1. The molecule has 7 nitrogen and oxygen atoms in total. The molecular weight excluding hydrogens is 268 g/mol.